The number of carbonyl (C=O) groups excluding carboxylic acids is 2. The summed E-state index contributed by atoms with van der Waals surface area (Å²) in [6.07, 6.45) is 14.0. The number of methoxy groups -OCH3 is 2. The van der Waals surface area contributed by atoms with Crippen molar-refractivity contribution in [1.29, 1.82) is 0 Å². The number of carboxylic acids is 1. The summed E-state index contributed by atoms with van der Waals surface area (Å²) in [5, 5.41) is 11.7. The molecule has 0 saturated carbocycles. The highest BCUT2D eigenvalue weighted by molar-refractivity contribution is 5.86. The first-order chi connectivity index (χ1) is 16.9. The summed E-state index contributed by atoms with van der Waals surface area (Å²) in [4.78, 5) is 39.4. The maximum Gasteiger partial charge on any atom is 0.330 e. The highest BCUT2D eigenvalue weighted by Gasteiger charge is 2.13. The number of aliphatic carboxylic acids is 1. The third kappa shape index (κ3) is 17.0. The van der Waals surface area contributed by atoms with Crippen molar-refractivity contribution in [3.05, 3.63) is 72.3 Å². The third-order valence-electron chi connectivity index (χ3n) is 4.70. The molecular formula is C26H34ClN3O6. The van der Waals surface area contributed by atoms with Gasteiger partial charge < -0.3 is 19.9 Å². The first-order valence-electron chi connectivity index (χ1n) is 11.2. The molecule has 0 aromatic carbocycles. The Kier molecular flexibility index (Phi) is 18.7. The fraction of sp³-hybridized carbons (Fsp3) is 0.346. The molecule has 2 aromatic rings. The number of rotatable bonds is 7. The van der Waals surface area contributed by atoms with Crippen LogP contribution in [0.2, 0.25) is 0 Å². The van der Waals surface area contributed by atoms with Gasteiger partial charge in [-0.05, 0) is 62.2 Å². The van der Waals surface area contributed by atoms with Crippen LogP contribution in [0.5, 0.6) is 0 Å². The van der Waals surface area contributed by atoms with Crippen molar-refractivity contribution >= 4 is 42.5 Å². The van der Waals surface area contributed by atoms with Crippen LogP contribution in [0.1, 0.15) is 43.5 Å². The van der Waals surface area contributed by atoms with Crippen LogP contribution in [0.4, 0.5) is 0 Å². The minimum absolute atomic E-state index is 0. The van der Waals surface area contributed by atoms with Crippen LogP contribution < -0.4 is 5.32 Å². The molecule has 0 radical (unpaired) electrons. The van der Waals surface area contributed by atoms with E-state index in [1.807, 2.05) is 12.1 Å². The Balaban J connectivity index is 0.000000504. The third-order valence-corrected chi connectivity index (χ3v) is 4.70. The van der Waals surface area contributed by atoms with Crippen molar-refractivity contribution in [2.75, 3.05) is 20.8 Å². The van der Waals surface area contributed by atoms with E-state index in [2.05, 4.69) is 24.8 Å². The predicted molar refractivity (Wildman–Crippen MR) is 140 cm³/mol. The first-order valence-corrected chi connectivity index (χ1v) is 11.2. The van der Waals surface area contributed by atoms with Crippen molar-refractivity contribution in [3.8, 4) is 0 Å². The number of hydrogen-bond acceptors (Lipinski definition) is 8. The van der Waals surface area contributed by atoms with E-state index in [4.69, 9.17) is 5.11 Å². The van der Waals surface area contributed by atoms with Gasteiger partial charge >= 0.3 is 17.9 Å². The number of carboxylic acid groups (broad SMARTS) is 1. The summed E-state index contributed by atoms with van der Waals surface area (Å²) in [6.45, 7) is 1.10. The van der Waals surface area contributed by atoms with E-state index in [1.165, 1.54) is 45.6 Å². The number of carbonyl (C=O) groups is 3. The highest BCUT2D eigenvalue weighted by Crippen LogP contribution is 2.11. The molecule has 0 spiro atoms. The second kappa shape index (κ2) is 20.8. The molecular weight excluding hydrogens is 486 g/mol. The molecule has 1 fully saturated rings. The smallest absolute Gasteiger partial charge is 0.330 e. The molecule has 1 saturated heterocycles. The van der Waals surface area contributed by atoms with Gasteiger partial charge in [0.05, 0.1) is 25.6 Å². The average Bonchev–Trinajstić information content (AvgIpc) is 2.91. The first kappa shape index (κ1) is 32.4. The number of esters is 2. The molecule has 10 heteroatoms. The lowest BCUT2D eigenvalue weighted by molar-refractivity contribution is -0.141. The summed E-state index contributed by atoms with van der Waals surface area (Å²) in [7, 11) is 2.78. The monoisotopic (exact) mass is 519 g/mol. The van der Waals surface area contributed by atoms with E-state index in [0.29, 0.717) is 18.2 Å². The topological polar surface area (TPSA) is 128 Å². The molecule has 3 rings (SSSR count). The molecule has 2 N–H and O–H groups in total. The van der Waals surface area contributed by atoms with Crippen molar-refractivity contribution in [1.82, 2.24) is 15.3 Å². The predicted octanol–water partition coefficient (Wildman–Crippen LogP) is 3.95. The fourth-order valence-electron chi connectivity index (χ4n) is 2.89. The number of hydrogen-bond donors (Lipinski definition) is 2. The molecule has 0 aliphatic carbocycles. The molecule has 3 heterocycles. The van der Waals surface area contributed by atoms with Crippen LogP contribution in [0, 0.1) is 0 Å². The van der Waals surface area contributed by atoms with Gasteiger partial charge in [0.1, 0.15) is 0 Å². The van der Waals surface area contributed by atoms with Crippen LogP contribution in [-0.4, -0.2) is 59.8 Å². The van der Waals surface area contributed by atoms with Gasteiger partial charge in [0, 0.05) is 37.0 Å². The van der Waals surface area contributed by atoms with Gasteiger partial charge in [0.2, 0.25) is 0 Å². The number of pyridine rings is 2. The molecule has 2 aromatic heterocycles. The Hall–Kier alpha value is -3.56. The van der Waals surface area contributed by atoms with Crippen molar-refractivity contribution in [2.24, 2.45) is 0 Å². The Morgan fingerprint density at radius 2 is 1.58 bits per heavy atom. The van der Waals surface area contributed by atoms with Gasteiger partial charge in [-0.3, -0.25) is 14.8 Å². The standard InChI is InChI=1S/C9H17NO2.C9H9NO2.C8H7NO2.ClH/c2*1-12-9(11)6-5-8-4-2-3-7-10-8;10-8(11)5-4-7-3-1-2-6-9-7;/h8,10H,2-7H2,1H3;2-7H,1H3;1-6H,(H,10,11);1H/b;6-5+;5-4+;. The average molecular weight is 520 g/mol. The SMILES string of the molecule is COC(=O)/C=C/c1ccccn1.COC(=O)CCC1CCCCN1.Cl.O=C(O)/C=C/c1ccccn1. The summed E-state index contributed by atoms with van der Waals surface area (Å²) >= 11 is 0. The zero-order valence-corrected chi connectivity index (χ0v) is 21.4. The van der Waals surface area contributed by atoms with Gasteiger partial charge in [-0.2, -0.15) is 0 Å². The van der Waals surface area contributed by atoms with Crippen LogP contribution in [-0.2, 0) is 23.9 Å². The Morgan fingerprint density at radius 3 is 2.03 bits per heavy atom. The molecule has 9 nitrogen and oxygen atoms in total. The molecule has 0 bridgehead atoms. The molecule has 36 heavy (non-hydrogen) atoms. The lowest BCUT2D eigenvalue weighted by Gasteiger charge is -2.22. The fourth-order valence-corrected chi connectivity index (χ4v) is 2.89. The Bertz CT molecular complexity index is 933. The van der Waals surface area contributed by atoms with Crippen molar-refractivity contribution in [2.45, 2.75) is 38.1 Å². The van der Waals surface area contributed by atoms with E-state index in [1.54, 1.807) is 42.7 Å². The summed E-state index contributed by atoms with van der Waals surface area (Å²) in [5.41, 5.74) is 1.39. The number of halogens is 1. The Morgan fingerprint density at radius 1 is 0.972 bits per heavy atom. The van der Waals surface area contributed by atoms with Crippen LogP contribution in [0.3, 0.4) is 0 Å². The van der Waals surface area contributed by atoms with Crippen molar-refractivity contribution in [3.63, 3.8) is 0 Å². The second-order valence-electron chi connectivity index (χ2n) is 7.30. The summed E-state index contributed by atoms with van der Waals surface area (Å²) in [6, 6.07) is 11.3. The second-order valence-corrected chi connectivity index (χ2v) is 7.30. The lowest BCUT2D eigenvalue weighted by Crippen LogP contribution is -2.34. The van der Waals surface area contributed by atoms with Crippen LogP contribution in [0.25, 0.3) is 12.2 Å². The number of ether oxygens (including phenoxy) is 2. The van der Waals surface area contributed by atoms with Gasteiger partial charge in [-0.25, -0.2) is 9.59 Å². The molecule has 0 amide bonds. The normalized spacial score (nSPS) is 14.3. The maximum absolute atomic E-state index is 10.8. The van der Waals surface area contributed by atoms with E-state index in [-0.39, 0.29) is 24.3 Å². The molecule has 1 atom stereocenters. The lowest BCUT2D eigenvalue weighted by atomic mass is 10.0. The van der Waals surface area contributed by atoms with E-state index in [0.717, 1.165) is 24.7 Å². The maximum atomic E-state index is 10.8. The number of piperidine rings is 1. The van der Waals surface area contributed by atoms with Crippen LogP contribution in [0.15, 0.2) is 60.9 Å². The van der Waals surface area contributed by atoms with E-state index in [9.17, 15) is 14.4 Å². The summed E-state index contributed by atoms with van der Waals surface area (Å²) < 4.78 is 8.99. The molecule has 1 unspecified atom stereocenters. The molecule has 1 aliphatic heterocycles. The van der Waals surface area contributed by atoms with Gasteiger partial charge in [0.15, 0.2) is 0 Å². The van der Waals surface area contributed by atoms with E-state index >= 15 is 0 Å². The largest absolute Gasteiger partial charge is 0.478 e. The zero-order valence-electron chi connectivity index (χ0n) is 20.5. The number of nitrogens with one attached hydrogen (secondary N) is 1. The quantitative estimate of drug-likeness (QED) is 0.412. The minimum Gasteiger partial charge on any atom is -0.478 e. The number of nitrogens with zero attached hydrogens (tertiary/aromatic N) is 2. The Labute approximate surface area is 218 Å². The highest BCUT2D eigenvalue weighted by atomic mass is 35.5. The van der Waals surface area contributed by atoms with Gasteiger partial charge in [-0.15, -0.1) is 12.4 Å². The van der Waals surface area contributed by atoms with Gasteiger partial charge in [-0.1, -0.05) is 18.6 Å². The molecule has 1 aliphatic rings. The minimum atomic E-state index is -0.962. The molecule has 196 valence electrons. The van der Waals surface area contributed by atoms with Crippen molar-refractivity contribution < 1.29 is 29.0 Å². The summed E-state index contributed by atoms with van der Waals surface area (Å²) in [5.74, 6) is -1.43. The zero-order chi connectivity index (χ0) is 25.7. The van der Waals surface area contributed by atoms with Crippen LogP contribution >= 0.6 is 12.4 Å². The van der Waals surface area contributed by atoms with Gasteiger partial charge in [0.25, 0.3) is 0 Å². The van der Waals surface area contributed by atoms with E-state index < -0.39 is 5.97 Å². The number of aromatic nitrogens is 2.